The Morgan fingerprint density at radius 1 is 1.00 bits per heavy atom. The Morgan fingerprint density at radius 2 is 1.82 bits per heavy atom. The summed E-state index contributed by atoms with van der Waals surface area (Å²) < 4.78 is 6.13. The van der Waals surface area contributed by atoms with Crippen LogP contribution in [0.25, 0.3) is 11.0 Å². The Bertz CT molecular complexity index is 985. The lowest BCUT2D eigenvalue weighted by Crippen LogP contribution is -2.39. The molecule has 3 aromatic rings. The second-order valence-corrected chi connectivity index (χ2v) is 7.82. The van der Waals surface area contributed by atoms with Crippen LogP contribution in [0.5, 0.6) is 5.75 Å². The maximum Gasteiger partial charge on any atom is 0.172 e. The van der Waals surface area contributed by atoms with Crippen molar-refractivity contribution in [3.05, 3.63) is 47.7 Å². The van der Waals surface area contributed by atoms with Crippen LogP contribution in [0.4, 0.5) is 11.6 Å². The summed E-state index contributed by atoms with van der Waals surface area (Å²) >= 11 is 6.23. The van der Waals surface area contributed by atoms with E-state index >= 15 is 0 Å². The number of nitrogens with zero attached hydrogens (tertiary/aromatic N) is 4. The lowest BCUT2D eigenvalue weighted by Gasteiger charge is -2.34. The summed E-state index contributed by atoms with van der Waals surface area (Å²) in [5.41, 5.74) is 1.70. The summed E-state index contributed by atoms with van der Waals surface area (Å²) in [6, 6.07) is 10.1. The van der Waals surface area contributed by atoms with Crippen molar-refractivity contribution in [2.24, 2.45) is 0 Å². The maximum absolute atomic E-state index is 6.23. The highest BCUT2D eigenvalue weighted by Crippen LogP contribution is 2.33. The molecular formula is C21H22ClN5O. The molecule has 0 spiro atoms. The van der Waals surface area contributed by atoms with Gasteiger partial charge in [-0.2, -0.15) is 0 Å². The van der Waals surface area contributed by atoms with E-state index in [1.165, 1.54) is 12.8 Å². The first-order chi connectivity index (χ1) is 13.8. The normalized spacial score (nSPS) is 17.7. The molecular weight excluding hydrogens is 374 g/mol. The number of pyridine rings is 1. The average molecular weight is 396 g/mol. The van der Waals surface area contributed by atoms with Crippen molar-refractivity contribution in [1.82, 2.24) is 15.0 Å². The van der Waals surface area contributed by atoms with E-state index in [1.54, 1.807) is 12.4 Å². The fraction of sp³-hybridized carbons (Fsp3) is 0.381. The van der Waals surface area contributed by atoms with Crippen LogP contribution < -0.4 is 15.0 Å². The zero-order chi connectivity index (χ0) is 18.9. The quantitative estimate of drug-likeness (QED) is 0.694. The molecule has 1 saturated heterocycles. The van der Waals surface area contributed by atoms with Crippen molar-refractivity contribution in [2.75, 3.05) is 23.3 Å². The summed E-state index contributed by atoms with van der Waals surface area (Å²) in [5.74, 6) is 2.56. The van der Waals surface area contributed by atoms with Gasteiger partial charge in [-0.25, -0.2) is 9.97 Å². The number of benzene rings is 1. The van der Waals surface area contributed by atoms with Gasteiger partial charge >= 0.3 is 0 Å². The van der Waals surface area contributed by atoms with E-state index in [0.717, 1.165) is 54.3 Å². The largest absolute Gasteiger partial charge is 0.489 e. The molecule has 1 aliphatic carbocycles. The third-order valence-electron chi connectivity index (χ3n) is 5.24. The maximum atomic E-state index is 6.23. The first-order valence-corrected chi connectivity index (χ1v) is 10.2. The number of fused-ring (bicyclic) bond motifs is 1. The molecule has 2 fully saturated rings. The molecule has 0 atom stereocenters. The molecule has 0 amide bonds. The Kier molecular flexibility index (Phi) is 4.64. The van der Waals surface area contributed by atoms with Crippen LogP contribution >= 0.6 is 11.6 Å². The highest BCUT2D eigenvalue weighted by Gasteiger charge is 2.28. The molecule has 1 aromatic carbocycles. The third-order valence-corrected chi connectivity index (χ3v) is 5.55. The van der Waals surface area contributed by atoms with Crippen molar-refractivity contribution in [1.29, 1.82) is 0 Å². The van der Waals surface area contributed by atoms with E-state index in [2.05, 4.69) is 15.2 Å². The molecule has 3 heterocycles. The van der Waals surface area contributed by atoms with Gasteiger partial charge in [-0.3, -0.25) is 4.98 Å². The number of rotatable bonds is 5. The lowest BCUT2D eigenvalue weighted by atomic mass is 10.1. The van der Waals surface area contributed by atoms with Crippen molar-refractivity contribution >= 4 is 34.3 Å². The molecule has 144 valence electrons. The van der Waals surface area contributed by atoms with Crippen LogP contribution in [0.15, 0.2) is 42.7 Å². The van der Waals surface area contributed by atoms with Gasteiger partial charge in [0.25, 0.3) is 0 Å². The van der Waals surface area contributed by atoms with Crippen LogP contribution in [0, 0.1) is 0 Å². The second-order valence-electron chi connectivity index (χ2n) is 7.41. The van der Waals surface area contributed by atoms with E-state index in [1.807, 2.05) is 30.3 Å². The van der Waals surface area contributed by atoms with Crippen LogP contribution in [0.1, 0.15) is 25.7 Å². The summed E-state index contributed by atoms with van der Waals surface area (Å²) in [7, 11) is 0. The fourth-order valence-electron chi connectivity index (χ4n) is 3.54. The molecule has 0 unspecified atom stereocenters. The Balaban J connectivity index is 1.34. The Labute approximate surface area is 168 Å². The zero-order valence-corrected chi connectivity index (χ0v) is 16.3. The second kappa shape index (κ2) is 7.43. The van der Waals surface area contributed by atoms with Gasteiger partial charge in [0.1, 0.15) is 17.4 Å². The number of anilines is 2. The number of hydrogen-bond acceptors (Lipinski definition) is 6. The summed E-state index contributed by atoms with van der Waals surface area (Å²) in [6.07, 6.45) is 7.93. The van der Waals surface area contributed by atoms with E-state index in [4.69, 9.17) is 26.3 Å². The number of hydrogen-bond donors (Lipinski definition) is 1. The molecule has 7 heteroatoms. The Hall–Kier alpha value is -2.60. The van der Waals surface area contributed by atoms with Crippen molar-refractivity contribution < 1.29 is 4.74 Å². The minimum Gasteiger partial charge on any atom is -0.489 e. The zero-order valence-electron chi connectivity index (χ0n) is 15.5. The van der Waals surface area contributed by atoms with Gasteiger partial charge in [0.2, 0.25) is 0 Å². The molecule has 28 heavy (non-hydrogen) atoms. The predicted molar refractivity (Wildman–Crippen MR) is 111 cm³/mol. The third kappa shape index (κ3) is 3.69. The summed E-state index contributed by atoms with van der Waals surface area (Å²) in [5, 5.41) is 4.21. The molecule has 1 saturated carbocycles. The van der Waals surface area contributed by atoms with E-state index < -0.39 is 0 Å². The number of para-hydroxylation sites is 1. The predicted octanol–water partition coefficient (Wildman–Crippen LogP) is 4.30. The van der Waals surface area contributed by atoms with Gasteiger partial charge in [-0.1, -0.05) is 23.7 Å². The SMILES string of the molecule is Clc1ccccc1OC1CCN(c2nc3cnccc3nc2NC2CC2)CC1. The van der Waals surface area contributed by atoms with Gasteiger partial charge in [0.05, 0.1) is 16.7 Å². The summed E-state index contributed by atoms with van der Waals surface area (Å²) in [6.45, 7) is 1.74. The molecule has 0 bridgehead atoms. The first kappa shape index (κ1) is 17.5. The molecule has 2 aromatic heterocycles. The van der Waals surface area contributed by atoms with E-state index in [0.29, 0.717) is 11.1 Å². The molecule has 6 nitrogen and oxygen atoms in total. The molecule has 1 N–H and O–H groups in total. The van der Waals surface area contributed by atoms with Gasteiger partial charge in [0.15, 0.2) is 11.6 Å². The minimum atomic E-state index is 0.158. The first-order valence-electron chi connectivity index (χ1n) is 9.81. The van der Waals surface area contributed by atoms with Gasteiger partial charge in [0, 0.05) is 38.2 Å². The van der Waals surface area contributed by atoms with E-state index in [9.17, 15) is 0 Å². The molecule has 5 rings (SSSR count). The monoisotopic (exact) mass is 395 g/mol. The van der Waals surface area contributed by atoms with Crippen LogP contribution in [0.3, 0.4) is 0 Å². The van der Waals surface area contributed by atoms with Crippen molar-refractivity contribution in [3.8, 4) is 5.75 Å². The lowest BCUT2D eigenvalue weighted by molar-refractivity contribution is 0.171. The van der Waals surface area contributed by atoms with Crippen LogP contribution in [0.2, 0.25) is 5.02 Å². The van der Waals surface area contributed by atoms with Gasteiger partial charge in [-0.15, -0.1) is 0 Å². The molecule has 1 aliphatic heterocycles. The standard InChI is InChI=1S/C21H22ClN5O/c22-16-3-1-2-4-19(16)28-15-8-11-27(12-9-15)21-20(24-14-5-6-14)25-17-7-10-23-13-18(17)26-21/h1-4,7,10,13-15H,5-6,8-9,11-12H2,(H,24,25). The van der Waals surface area contributed by atoms with Crippen LogP contribution in [-0.2, 0) is 0 Å². The summed E-state index contributed by atoms with van der Waals surface area (Å²) in [4.78, 5) is 16.2. The molecule has 0 radical (unpaired) electrons. The highest BCUT2D eigenvalue weighted by molar-refractivity contribution is 6.32. The fourth-order valence-corrected chi connectivity index (χ4v) is 3.72. The smallest absolute Gasteiger partial charge is 0.172 e. The average Bonchev–Trinajstić information content (AvgIpc) is 3.54. The molecule has 2 aliphatic rings. The number of nitrogens with one attached hydrogen (secondary N) is 1. The topological polar surface area (TPSA) is 63.2 Å². The number of halogens is 1. The van der Waals surface area contributed by atoms with Gasteiger partial charge < -0.3 is 15.0 Å². The van der Waals surface area contributed by atoms with Crippen LogP contribution in [-0.4, -0.2) is 40.2 Å². The highest BCUT2D eigenvalue weighted by atomic mass is 35.5. The van der Waals surface area contributed by atoms with Crippen molar-refractivity contribution in [3.63, 3.8) is 0 Å². The van der Waals surface area contributed by atoms with Gasteiger partial charge in [-0.05, 0) is 31.0 Å². The number of ether oxygens (including phenoxy) is 1. The van der Waals surface area contributed by atoms with E-state index in [-0.39, 0.29) is 6.10 Å². The Morgan fingerprint density at radius 3 is 2.61 bits per heavy atom. The minimum absolute atomic E-state index is 0.158. The van der Waals surface area contributed by atoms with Crippen molar-refractivity contribution in [2.45, 2.75) is 37.8 Å². The number of piperidine rings is 1. The number of aromatic nitrogens is 3.